The summed E-state index contributed by atoms with van der Waals surface area (Å²) in [6.07, 6.45) is 6.03. The first-order valence-electron chi connectivity index (χ1n) is 12.3. The van der Waals surface area contributed by atoms with Crippen molar-refractivity contribution in [2.75, 3.05) is 36.8 Å². The number of aromatic nitrogens is 4. The van der Waals surface area contributed by atoms with Crippen molar-refractivity contribution in [1.29, 1.82) is 0 Å². The molecule has 0 bridgehead atoms. The summed E-state index contributed by atoms with van der Waals surface area (Å²) < 4.78 is 15.2. The van der Waals surface area contributed by atoms with Crippen molar-refractivity contribution in [2.45, 2.75) is 51.5 Å². The molecule has 5 rings (SSSR count). The van der Waals surface area contributed by atoms with Gasteiger partial charge < -0.3 is 16.0 Å². The third-order valence-corrected chi connectivity index (χ3v) is 7.38. The quantitative estimate of drug-likeness (QED) is 0.379. The molecule has 3 aromatic rings. The van der Waals surface area contributed by atoms with Gasteiger partial charge in [0.05, 0.1) is 11.9 Å². The van der Waals surface area contributed by atoms with Crippen molar-refractivity contribution < 1.29 is 4.39 Å². The molecule has 0 unspecified atom stereocenters. The molecular weight excluding hydrogens is 467 g/mol. The van der Waals surface area contributed by atoms with Gasteiger partial charge >= 0.3 is 0 Å². The van der Waals surface area contributed by atoms with E-state index in [9.17, 15) is 0 Å². The largest absolute Gasteiger partial charge is 0.322 e. The van der Waals surface area contributed by atoms with Crippen LogP contribution >= 0.6 is 11.6 Å². The van der Waals surface area contributed by atoms with Crippen molar-refractivity contribution in [3.8, 4) is 0 Å². The van der Waals surface area contributed by atoms with Crippen LogP contribution in [-0.4, -0.2) is 57.3 Å². The zero-order valence-corrected chi connectivity index (χ0v) is 20.9. The zero-order valence-electron chi connectivity index (χ0n) is 20.2. The fourth-order valence-corrected chi connectivity index (χ4v) is 5.41. The predicted octanol–water partition coefficient (Wildman–Crippen LogP) is 5.03. The van der Waals surface area contributed by atoms with Crippen molar-refractivity contribution in [1.82, 2.24) is 30.4 Å². The molecule has 2 aliphatic rings. The smallest absolute Gasteiger partial charge is 0.229 e. The van der Waals surface area contributed by atoms with Crippen LogP contribution in [0.1, 0.15) is 48.4 Å². The molecule has 0 radical (unpaired) electrons. The molecule has 35 heavy (non-hydrogen) atoms. The standard InChI is InChI=1S/C25H32ClFN8/c1-15-11-22(30-25-29-14-20(26)24(32-25)31-23-12-16(2)33-34-23)21(27)13-19(15)17-3-5-18(6-4-17)35-9-7-28-8-10-35/h11-14,17-18,28H,3-10H2,1-2H3,(H3,29,30,31,32,33,34)/t17-,18+. The van der Waals surface area contributed by atoms with Crippen molar-refractivity contribution >= 4 is 34.9 Å². The van der Waals surface area contributed by atoms with E-state index in [1.165, 1.54) is 19.0 Å². The van der Waals surface area contributed by atoms with Crippen LogP contribution in [-0.2, 0) is 0 Å². The van der Waals surface area contributed by atoms with E-state index in [4.69, 9.17) is 11.6 Å². The van der Waals surface area contributed by atoms with Gasteiger partial charge in [-0.1, -0.05) is 11.6 Å². The van der Waals surface area contributed by atoms with E-state index < -0.39 is 0 Å². The number of hydrogen-bond donors (Lipinski definition) is 4. The average Bonchev–Trinajstić information content (AvgIpc) is 3.28. The highest BCUT2D eigenvalue weighted by Crippen LogP contribution is 2.38. The van der Waals surface area contributed by atoms with Gasteiger partial charge in [-0.05, 0) is 68.7 Å². The minimum atomic E-state index is -0.300. The van der Waals surface area contributed by atoms with Gasteiger partial charge in [-0.15, -0.1) is 0 Å². The monoisotopic (exact) mass is 498 g/mol. The molecular formula is C25H32ClFN8. The maximum atomic E-state index is 15.2. The molecule has 1 saturated carbocycles. The predicted molar refractivity (Wildman–Crippen MR) is 138 cm³/mol. The number of benzene rings is 1. The first kappa shape index (κ1) is 24.0. The molecule has 4 N–H and O–H groups in total. The van der Waals surface area contributed by atoms with E-state index in [-0.39, 0.29) is 11.8 Å². The normalized spacial score (nSPS) is 21.1. The Morgan fingerprint density at radius 2 is 1.83 bits per heavy atom. The van der Waals surface area contributed by atoms with E-state index in [1.54, 1.807) is 6.07 Å². The van der Waals surface area contributed by atoms with Gasteiger partial charge in [0.15, 0.2) is 11.6 Å². The Kier molecular flexibility index (Phi) is 7.17. The fraction of sp³-hybridized carbons (Fsp3) is 0.480. The van der Waals surface area contributed by atoms with Gasteiger partial charge in [0, 0.05) is 44.0 Å². The number of rotatable bonds is 6. The Hall–Kier alpha value is -2.75. The van der Waals surface area contributed by atoms with Crippen LogP contribution in [0, 0.1) is 19.7 Å². The van der Waals surface area contributed by atoms with Gasteiger partial charge in [0.25, 0.3) is 0 Å². The molecule has 0 atom stereocenters. The second kappa shape index (κ2) is 10.5. The van der Waals surface area contributed by atoms with Crippen molar-refractivity contribution in [3.05, 3.63) is 52.1 Å². The van der Waals surface area contributed by atoms with Crippen molar-refractivity contribution in [3.63, 3.8) is 0 Å². The minimum Gasteiger partial charge on any atom is -0.322 e. The number of nitrogens with zero attached hydrogens (tertiary/aromatic N) is 4. The molecule has 10 heteroatoms. The second-order valence-electron chi connectivity index (χ2n) is 9.56. The zero-order chi connectivity index (χ0) is 24.4. The fourth-order valence-electron chi connectivity index (χ4n) is 5.27. The summed E-state index contributed by atoms with van der Waals surface area (Å²) in [7, 11) is 0. The highest BCUT2D eigenvalue weighted by atomic mass is 35.5. The summed E-state index contributed by atoms with van der Waals surface area (Å²) in [5.41, 5.74) is 3.45. The summed E-state index contributed by atoms with van der Waals surface area (Å²) in [5.74, 6) is 1.34. The van der Waals surface area contributed by atoms with Gasteiger partial charge in [-0.25, -0.2) is 9.37 Å². The molecule has 1 saturated heterocycles. The van der Waals surface area contributed by atoms with Crippen molar-refractivity contribution in [2.24, 2.45) is 0 Å². The molecule has 186 valence electrons. The van der Waals surface area contributed by atoms with Gasteiger partial charge in [0.2, 0.25) is 5.95 Å². The second-order valence-corrected chi connectivity index (χ2v) is 9.96. The van der Waals surface area contributed by atoms with Gasteiger partial charge in [-0.3, -0.25) is 10.00 Å². The first-order chi connectivity index (χ1) is 17.0. The number of piperazine rings is 1. The molecule has 8 nitrogen and oxygen atoms in total. The molecule has 2 fully saturated rings. The lowest BCUT2D eigenvalue weighted by Gasteiger charge is -2.39. The number of H-pyrrole nitrogens is 1. The summed E-state index contributed by atoms with van der Waals surface area (Å²) in [5, 5.41) is 16.8. The van der Waals surface area contributed by atoms with Gasteiger partial charge in [0.1, 0.15) is 10.8 Å². The van der Waals surface area contributed by atoms with Crippen LogP contribution in [0.4, 0.5) is 27.7 Å². The minimum absolute atomic E-state index is 0.256. The SMILES string of the molecule is Cc1cc(Nc2nc(Nc3cc(C)c([C@H]4CC[C@@H](N5CCNCC5)CC4)cc3F)ncc2Cl)n[nH]1. The van der Waals surface area contributed by atoms with E-state index in [0.29, 0.717) is 34.3 Å². The lowest BCUT2D eigenvalue weighted by atomic mass is 9.79. The number of aromatic amines is 1. The maximum absolute atomic E-state index is 15.2. The highest BCUT2D eigenvalue weighted by molar-refractivity contribution is 6.32. The summed E-state index contributed by atoms with van der Waals surface area (Å²) in [6, 6.07) is 6.05. The third kappa shape index (κ3) is 5.58. The molecule has 1 aliphatic carbocycles. The maximum Gasteiger partial charge on any atom is 0.229 e. The Bertz CT molecular complexity index is 1170. The van der Waals surface area contributed by atoms with Crippen LogP contribution in [0.3, 0.4) is 0 Å². The van der Waals surface area contributed by atoms with Crippen LogP contribution in [0.15, 0.2) is 24.4 Å². The van der Waals surface area contributed by atoms with Crippen LogP contribution in [0.5, 0.6) is 0 Å². The number of aryl methyl sites for hydroxylation is 2. The molecule has 2 aromatic heterocycles. The number of halogens is 2. The average molecular weight is 499 g/mol. The number of anilines is 4. The molecule has 0 amide bonds. The summed E-state index contributed by atoms with van der Waals surface area (Å²) in [6.45, 7) is 8.38. The summed E-state index contributed by atoms with van der Waals surface area (Å²) in [4.78, 5) is 11.3. The van der Waals surface area contributed by atoms with E-state index in [0.717, 1.165) is 55.8 Å². The Balaban J connectivity index is 1.26. The first-order valence-corrected chi connectivity index (χ1v) is 12.7. The van der Waals surface area contributed by atoms with E-state index in [2.05, 4.69) is 47.9 Å². The molecule has 1 aliphatic heterocycles. The van der Waals surface area contributed by atoms with Crippen LogP contribution in [0.2, 0.25) is 5.02 Å². The Morgan fingerprint density at radius 1 is 1.06 bits per heavy atom. The van der Waals surface area contributed by atoms with E-state index in [1.807, 2.05) is 19.1 Å². The number of hydrogen-bond acceptors (Lipinski definition) is 7. The lowest BCUT2D eigenvalue weighted by Crippen LogP contribution is -2.49. The van der Waals surface area contributed by atoms with Crippen LogP contribution in [0.25, 0.3) is 0 Å². The Labute approximate surface area is 210 Å². The third-order valence-electron chi connectivity index (χ3n) is 7.10. The lowest BCUT2D eigenvalue weighted by molar-refractivity contribution is 0.133. The molecule has 1 aromatic carbocycles. The van der Waals surface area contributed by atoms with Gasteiger partial charge in [-0.2, -0.15) is 10.1 Å². The Morgan fingerprint density at radius 3 is 2.54 bits per heavy atom. The topological polar surface area (TPSA) is 93.8 Å². The number of nitrogens with one attached hydrogen (secondary N) is 4. The van der Waals surface area contributed by atoms with E-state index >= 15 is 4.39 Å². The highest BCUT2D eigenvalue weighted by Gasteiger charge is 2.28. The summed E-state index contributed by atoms with van der Waals surface area (Å²) >= 11 is 6.25. The molecule has 0 spiro atoms. The molecule has 3 heterocycles. The van der Waals surface area contributed by atoms with Crippen LogP contribution < -0.4 is 16.0 Å².